The average molecular weight is 167 g/mol. The lowest BCUT2D eigenvalue weighted by Gasteiger charge is -2.07. The quantitative estimate of drug-likeness (QED) is 0.673. The molecule has 1 aromatic rings. The summed E-state index contributed by atoms with van der Waals surface area (Å²) in [5, 5.41) is 2.92. The Morgan fingerprint density at radius 3 is 2.50 bits per heavy atom. The van der Waals surface area contributed by atoms with E-state index in [1.807, 2.05) is 0 Å². The van der Waals surface area contributed by atoms with Gasteiger partial charge in [0.25, 0.3) is 0 Å². The summed E-state index contributed by atoms with van der Waals surface area (Å²) >= 11 is 0. The summed E-state index contributed by atoms with van der Waals surface area (Å²) in [6.45, 7) is 5.00. The first-order chi connectivity index (χ1) is 5.61. The first-order valence-corrected chi connectivity index (χ1v) is 4.15. The fraction of sp³-hybridized carbons (Fsp3) is 0.556. The topological polar surface area (TPSA) is 46.2 Å². The highest BCUT2D eigenvalue weighted by Gasteiger charge is 2.07. The van der Waals surface area contributed by atoms with E-state index in [2.05, 4.69) is 19.2 Å². The summed E-state index contributed by atoms with van der Waals surface area (Å²) in [5.41, 5.74) is -0.290. The van der Waals surface area contributed by atoms with E-state index in [0.717, 1.165) is 13.0 Å². The summed E-state index contributed by atoms with van der Waals surface area (Å²) in [7, 11) is 0. The minimum absolute atomic E-state index is 0.376. The fourth-order valence-electron chi connectivity index (χ4n) is 0.944. The Balaban J connectivity index is 2.32. The van der Waals surface area contributed by atoms with E-state index in [-0.39, 0.29) is 10.9 Å². The molecule has 1 rings (SSSR count). The molecule has 0 fully saturated rings. The van der Waals surface area contributed by atoms with Crippen molar-refractivity contribution in [2.75, 3.05) is 11.9 Å². The van der Waals surface area contributed by atoms with Crippen LogP contribution in [0.15, 0.2) is 15.7 Å². The van der Waals surface area contributed by atoms with E-state index in [1.165, 1.54) is 6.07 Å². The van der Waals surface area contributed by atoms with E-state index in [9.17, 15) is 9.59 Å². The van der Waals surface area contributed by atoms with Crippen LogP contribution in [0, 0.1) is 5.92 Å². The molecule has 0 aliphatic heterocycles. The van der Waals surface area contributed by atoms with Crippen molar-refractivity contribution in [2.24, 2.45) is 5.92 Å². The van der Waals surface area contributed by atoms with Gasteiger partial charge in [-0.15, -0.1) is 0 Å². The zero-order valence-corrected chi connectivity index (χ0v) is 7.39. The van der Waals surface area contributed by atoms with Crippen LogP contribution in [0.3, 0.4) is 0 Å². The molecule has 0 heterocycles. The second kappa shape index (κ2) is 3.52. The van der Waals surface area contributed by atoms with Crippen molar-refractivity contribution in [1.82, 2.24) is 0 Å². The van der Waals surface area contributed by atoms with E-state index >= 15 is 0 Å². The summed E-state index contributed by atoms with van der Waals surface area (Å²) in [5.74, 6) is 0.615. The van der Waals surface area contributed by atoms with Gasteiger partial charge < -0.3 is 5.32 Å². The van der Waals surface area contributed by atoms with Crippen molar-refractivity contribution < 1.29 is 0 Å². The molecule has 0 amide bonds. The molecule has 0 bridgehead atoms. The Kier molecular flexibility index (Phi) is 2.63. The zero-order chi connectivity index (χ0) is 9.14. The van der Waals surface area contributed by atoms with Crippen molar-refractivity contribution in [3.05, 3.63) is 26.5 Å². The third-order valence-corrected chi connectivity index (χ3v) is 1.78. The van der Waals surface area contributed by atoms with Gasteiger partial charge in [0.05, 0.1) is 5.69 Å². The highest BCUT2D eigenvalue weighted by atomic mass is 16.2. The van der Waals surface area contributed by atoms with Crippen LogP contribution in [-0.2, 0) is 0 Å². The molecule has 0 saturated heterocycles. The Morgan fingerprint density at radius 1 is 1.42 bits per heavy atom. The summed E-state index contributed by atoms with van der Waals surface area (Å²) in [6.07, 6.45) is 1.01. The smallest absolute Gasteiger partial charge is 0.248 e. The summed E-state index contributed by atoms with van der Waals surface area (Å²) < 4.78 is 0. The lowest BCUT2D eigenvalue weighted by Crippen LogP contribution is -2.32. The Morgan fingerprint density at radius 2 is 2.08 bits per heavy atom. The normalized spacial score (nSPS) is 10.9. The first-order valence-electron chi connectivity index (χ1n) is 4.15. The molecule has 66 valence electrons. The minimum atomic E-state index is -0.387. The van der Waals surface area contributed by atoms with Gasteiger partial charge in [0.1, 0.15) is 0 Å². The largest absolute Gasteiger partial charge is 0.382 e. The van der Waals surface area contributed by atoms with Gasteiger partial charge in [0, 0.05) is 12.6 Å². The van der Waals surface area contributed by atoms with Gasteiger partial charge in [-0.05, 0) is 12.3 Å². The Hall–Kier alpha value is -1.12. The highest BCUT2D eigenvalue weighted by molar-refractivity contribution is 5.46. The molecular formula is C9H13NO2. The molecule has 0 radical (unpaired) electrons. The van der Waals surface area contributed by atoms with Crippen LogP contribution in [0.25, 0.3) is 0 Å². The highest BCUT2D eigenvalue weighted by Crippen LogP contribution is 2.01. The summed E-state index contributed by atoms with van der Waals surface area (Å²) in [6, 6.07) is 1.35. The SMILES string of the molecule is CC(C)CCNc1cc(=O)c1=O. The van der Waals surface area contributed by atoms with Crippen LogP contribution in [0.1, 0.15) is 20.3 Å². The van der Waals surface area contributed by atoms with E-state index in [0.29, 0.717) is 11.6 Å². The van der Waals surface area contributed by atoms with Crippen LogP contribution >= 0.6 is 0 Å². The Labute approximate surface area is 71.1 Å². The second-order valence-electron chi connectivity index (χ2n) is 3.36. The number of anilines is 1. The zero-order valence-electron chi connectivity index (χ0n) is 7.39. The predicted molar refractivity (Wildman–Crippen MR) is 49.3 cm³/mol. The van der Waals surface area contributed by atoms with Crippen LogP contribution in [0.5, 0.6) is 0 Å². The van der Waals surface area contributed by atoms with Crippen LogP contribution < -0.4 is 16.2 Å². The van der Waals surface area contributed by atoms with E-state index in [4.69, 9.17) is 0 Å². The first kappa shape index (κ1) is 8.97. The molecule has 0 aromatic heterocycles. The molecule has 0 aliphatic rings. The molecule has 0 aliphatic carbocycles. The molecule has 0 saturated carbocycles. The van der Waals surface area contributed by atoms with Gasteiger partial charge in [0.15, 0.2) is 0 Å². The number of nitrogens with one attached hydrogen (secondary N) is 1. The minimum Gasteiger partial charge on any atom is -0.382 e. The lowest BCUT2D eigenvalue weighted by molar-refractivity contribution is 0.607. The monoisotopic (exact) mass is 167 g/mol. The molecular weight excluding hydrogens is 154 g/mol. The molecule has 12 heavy (non-hydrogen) atoms. The van der Waals surface area contributed by atoms with Crippen LogP contribution in [0.4, 0.5) is 5.69 Å². The van der Waals surface area contributed by atoms with Gasteiger partial charge in [-0.25, -0.2) is 0 Å². The van der Waals surface area contributed by atoms with Crippen LogP contribution in [0.2, 0.25) is 0 Å². The molecule has 3 heteroatoms. The second-order valence-corrected chi connectivity index (χ2v) is 3.36. The lowest BCUT2D eigenvalue weighted by atomic mass is 10.1. The van der Waals surface area contributed by atoms with E-state index in [1.54, 1.807) is 0 Å². The van der Waals surface area contributed by atoms with Gasteiger partial charge in [0.2, 0.25) is 10.9 Å². The third kappa shape index (κ3) is 1.94. The molecule has 1 aromatic carbocycles. The Bertz CT molecular complexity index is 321. The van der Waals surface area contributed by atoms with Gasteiger partial charge >= 0.3 is 0 Å². The molecule has 3 nitrogen and oxygen atoms in total. The average Bonchev–Trinajstić information content (AvgIpc) is 2.02. The maximum Gasteiger partial charge on any atom is 0.248 e. The molecule has 1 N–H and O–H groups in total. The molecule has 0 unspecified atom stereocenters. The van der Waals surface area contributed by atoms with Gasteiger partial charge in [-0.1, -0.05) is 13.8 Å². The van der Waals surface area contributed by atoms with Gasteiger partial charge in [-0.3, -0.25) is 9.59 Å². The van der Waals surface area contributed by atoms with Gasteiger partial charge in [-0.2, -0.15) is 0 Å². The van der Waals surface area contributed by atoms with Crippen molar-refractivity contribution >= 4 is 5.69 Å². The standard InChI is InChI=1S/C9H13NO2/c1-6(2)3-4-10-7-5-8(11)9(7)12/h5-6,10H,3-4H2,1-2H3. The van der Waals surface area contributed by atoms with E-state index < -0.39 is 0 Å². The summed E-state index contributed by atoms with van der Waals surface area (Å²) in [4.78, 5) is 21.2. The maximum atomic E-state index is 10.8. The number of rotatable bonds is 4. The molecule has 0 atom stereocenters. The maximum absolute atomic E-state index is 10.8. The number of hydrogen-bond donors (Lipinski definition) is 1. The fourth-order valence-corrected chi connectivity index (χ4v) is 0.944. The predicted octanol–water partition coefficient (Wildman–Crippen LogP) is 0.741. The van der Waals surface area contributed by atoms with Crippen molar-refractivity contribution in [2.45, 2.75) is 20.3 Å². The molecule has 0 spiro atoms. The van der Waals surface area contributed by atoms with Crippen molar-refractivity contribution in [3.8, 4) is 0 Å². The third-order valence-electron chi connectivity index (χ3n) is 1.78. The van der Waals surface area contributed by atoms with Crippen LogP contribution in [-0.4, -0.2) is 6.54 Å². The van der Waals surface area contributed by atoms with Crippen molar-refractivity contribution in [1.29, 1.82) is 0 Å². The number of hydrogen-bond acceptors (Lipinski definition) is 3. The van der Waals surface area contributed by atoms with Crippen molar-refractivity contribution in [3.63, 3.8) is 0 Å².